The van der Waals surface area contributed by atoms with Crippen molar-refractivity contribution in [1.82, 2.24) is 5.32 Å². The van der Waals surface area contributed by atoms with Crippen LogP contribution in [-0.2, 0) is 0 Å². The first-order chi connectivity index (χ1) is 6.70. The molecule has 14 heavy (non-hydrogen) atoms. The SMILES string of the molecule is Oc1c([C@H]2CCCN2)ccc(Cl)c1Cl. The van der Waals surface area contributed by atoms with Crippen molar-refractivity contribution in [3.63, 3.8) is 0 Å². The van der Waals surface area contributed by atoms with E-state index in [2.05, 4.69) is 5.32 Å². The van der Waals surface area contributed by atoms with Gasteiger partial charge in [-0.05, 0) is 25.5 Å². The van der Waals surface area contributed by atoms with Crippen molar-refractivity contribution in [2.24, 2.45) is 0 Å². The van der Waals surface area contributed by atoms with Gasteiger partial charge in [0.25, 0.3) is 0 Å². The zero-order valence-corrected chi connectivity index (χ0v) is 9.07. The second kappa shape index (κ2) is 3.97. The Morgan fingerprint density at radius 1 is 1.36 bits per heavy atom. The molecule has 2 rings (SSSR count). The summed E-state index contributed by atoms with van der Waals surface area (Å²) in [4.78, 5) is 0. The van der Waals surface area contributed by atoms with Gasteiger partial charge in [-0.25, -0.2) is 0 Å². The zero-order valence-electron chi connectivity index (χ0n) is 7.56. The van der Waals surface area contributed by atoms with Crippen LogP contribution in [0.2, 0.25) is 10.0 Å². The molecular formula is C10H11Cl2NO. The number of benzene rings is 1. The fourth-order valence-corrected chi connectivity index (χ4v) is 2.11. The summed E-state index contributed by atoms with van der Waals surface area (Å²) in [6.45, 7) is 0.990. The Morgan fingerprint density at radius 2 is 2.14 bits per heavy atom. The molecule has 0 unspecified atom stereocenters. The van der Waals surface area contributed by atoms with E-state index in [1.54, 1.807) is 6.07 Å². The molecule has 1 aliphatic rings. The van der Waals surface area contributed by atoms with Crippen molar-refractivity contribution in [3.8, 4) is 5.75 Å². The maximum Gasteiger partial charge on any atom is 0.140 e. The van der Waals surface area contributed by atoms with Crippen LogP contribution in [0.4, 0.5) is 0 Å². The third-order valence-corrected chi connectivity index (χ3v) is 3.33. The average Bonchev–Trinajstić information content (AvgIpc) is 2.67. The van der Waals surface area contributed by atoms with Gasteiger partial charge < -0.3 is 10.4 Å². The Balaban J connectivity index is 2.38. The molecule has 1 fully saturated rings. The molecule has 0 spiro atoms. The second-order valence-corrected chi connectivity index (χ2v) is 4.23. The fourth-order valence-electron chi connectivity index (χ4n) is 1.79. The summed E-state index contributed by atoms with van der Waals surface area (Å²) in [5, 5.41) is 13.7. The van der Waals surface area contributed by atoms with Crippen LogP contribution in [0.1, 0.15) is 24.4 Å². The summed E-state index contributed by atoms with van der Waals surface area (Å²) in [6.07, 6.45) is 2.16. The monoisotopic (exact) mass is 231 g/mol. The van der Waals surface area contributed by atoms with Gasteiger partial charge in [0.2, 0.25) is 0 Å². The number of rotatable bonds is 1. The van der Waals surface area contributed by atoms with Crippen molar-refractivity contribution < 1.29 is 5.11 Å². The van der Waals surface area contributed by atoms with Gasteiger partial charge in [-0.2, -0.15) is 0 Å². The average molecular weight is 232 g/mol. The van der Waals surface area contributed by atoms with E-state index in [1.807, 2.05) is 6.07 Å². The van der Waals surface area contributed by atoms with Gasteiger partial charge in [-0.1, -0.05) is 29.3 Å². The quantitative estimate of drug-likeness (QED) is 0.779. The Hall–Kier alpha value is -0.440. The highest BCUT2D eigenvalue weighted by atomic mass is 35.5. The normalized spacial score (nSPS) is 21.4. The standard InChI is InChI=1S/C10H11Cl2NO/c11-7-4-3-6(10(14)9(7)12)8-2-1-5-13-8/h3-4,8,13-14H,1-2,5H2/t8-/m1/s1. The number of phenolic OH excluding ortho intramolecular Hbond substituents is 1. The van der Waals surface area contributed by atoms with E-state index in [0.717, 1.165) is 24.9 Å². The molecule has 2 nitrogen and oxygen atoms in total. The predicted octanol–water partition coefficient (Wildman–Crippen LogP) is 3.12. The lowest BCUT2D eigenvalue weighted by molar-refractivity contribution is 0.457. The number of phenols is 1. The molecule has 1 saturated heterocycles. The smallest absolute Gasteiger partial charge is 0.140 e. The lowest BCUT2D eigenvalue weighted by Crippen LogP contribution is -2.12. The molecule has 1 atom stereocenters. The molecule has 2 N–H and O–H groups in total. The van der Waals surface area contributed by atoms with Crippen molar-refractivity contribution in [3.05, 3.63) is 27.7 Å². The molecule has 0 aromatic heterocycles. The van der Waals surface area contributed by atoms with Crippen LogP contribution in [0.15, 0.2) is 12.1 Å². The first-order valence-electron chi connectivity index (χ1n) is 4.60. The Morgan fingerprint density at radius 3 is 2.79 bits per heavy atom. The van der Waals surface area contributed by atoms with Crippen LogP contribution in [0.25, 0.3) is 0 Å². The lowest BCUT2D eigenvalue weighted by atomic mass is 10.0. The number of nitrogens with one attached hydrogen (secondary N) is 1. The van der Waals surface area contributed by atoms with Gasteiger partial charge in [0.05, 0.1) is 5.02 Å². The van der Waals surface area contributed by atoms with Crippen LogP contribution in [0.3, 0.4) is 0 Å². The summed E-state index contributed by atoms with van der Waals surface area (Å²) in [5.41, 5.74) is 0.844. The Labute approximate surface area is 92.8 Å². The van der Waals surface area contributed by atoms with Crippen LogP contribution < -0.4 is 5.32 Å². The molecule has 76 valence electrons. The minimum atomic E-state index is 0.110. The van der Waals surface area contributed by atoms with Crippen LogP contribution >= 0.6 is 23.2 Å². The molecule has 0 bridgehead atoms. The lowest BCUT2D eigenvalue weighted by Gasteiger charge is -2.13. The summed E-state index contributed by atoms with van der Waals surface area (Å²) >= 11 is 11.6. The summed E-state index contributed by atoms with van der Waals surface area (Å²) in [5.74, 6) is 0.110. The van der Waals surface area contributed by atoms with Gasteiger partial charge in [0, 0.05) is 11.6 Å². The number of aromatic hydroxyl groups is 1. The number of hydrogen-bond donors (Lipinski definition) is 2. The second-order valence-electron chi connectivity index (χ2n) is 3.45. The topological polar surface area (TPSA) is 32.3 Å². The van der Waals surface area contributed by atoms with Gasteiger partial charge in [0.1, 0.15) is 10.8 Å². The number of hydrogen-bond acceptors (Lipinski definition) is 2. The van der Waals surface area contributed by atoms with Crippen molar-refractivity contribution in [2.75, 3.05) is 6.54 Å². The highest BCUT2D eigenvalue weighted by Gasteiger charge is 2.21. The summed E-state index contributed by atoms with van der Waals surface area (Å²) < 4.78 is 0. The first kappa shape index (κ1) is 10.1. The summed E-state index contributed by atoms with van der Waals surface area (Å²) in [7, 11) is 0. The van der Waals surface area contributed by atoms with Gasteiger partial charge >= 0.3 is 0 Å². The molecule has 0 aliphatic carbocycles. The zero-order chi connectivity index (χ0) is 10.1. The van der Waals surface area contributed by atoms with E-state index < -0.39 is 0 Å². The Bertz CT molecular complexity index is 348. The molecule has 1 aliphatic heterocycles. The van der Waals surface area contributed by atoms with Gasteiger partial charge in [0.15, 0.2) is 0 Å². The minimum Gasteiger partial charge on any atom is -0.506 e. The largest absolute Gasteiger partial charge is 0.506 e. The predicted molar refractivity (Wildman–Crippen MR) is 58.1 cm³/mol. The summed E-state index contributed by atoms with van der Waals surface area (Å²) in [6, 6.07) is 3.76. The van der Waals surface area contributed by atoms with Crippen molar-refractivity contribution >= 4 is 23.2 Å². The van der Waals surface area contributed by atoms with E-state index in [9.17, 15) is 5.11 Å². The van der Waals surface area contributed by atoms with Crippen molar-refractivity contribution in [1.29, 1.82) is 0 Å². The molecule has 4 heteroatoms. The third-order valence-electron chi connectivity index (χ3n) is 2.54. The minimum absolute atomic E-state index is 0.110. The van der Waals surface area contributed by atoms with E-state index >= 15 is 0 Å². The van der Waals surface area contributed by atoms with Crippen LogP contribution in [-0.4, -0.2) is 11.7 Å². The van der Waals surface area contributed by atoms with E-state index in [0.29, 0.717) is 5.02 Å². The molecule has 1 aromatic rings. The van der Waals surface area contributed by atoms with Crippen molar-refractivity contribution in [2.45, 2.75) is 18.9 Å². The van der Waals surface area contributed by atoms with Crippen LogP contribution in [0.5, 0.6) is 5.75 Å². The first-order valence-corrected chi connectivity index (χ1v) is 5.36. The van der Waals surface area contributed by atoms with E-state index in [4.69, 9.17) is 23.2 Å². The molecule has 1 aromatic carbocycles. The molecule has 0 saturated carbocycles. The number of halogens is 2. The van der Waals surface area contributed by atoms with E-state index in [-0.39, 0.29) is 16.8 Å². The molecule has 0 radical (unpaired) electrons. The van der Waals surface area contributed by atoms with Crippen LogP contribution in [0, 0.1) is 0 Å². The fraction of sp³-hybridized carbons (Fsp3) is 0.400. The highest BCUT2D eigenvalue weighted by Crippen LogP contribution is 2.38. The third kappa shape index (κ3) is 1.70. The van der Waals surface area contributed by atoms with Gasteiger partial charge in [-0.15, -0.1) is 0 Å². The molecule has 0 amide bonds. The Kier molecular flexibility index (Phi) is 2.86. The van der Waals surface area contributed by atoms with Gasteiger partial charge in [-0.3, -0.25) is 0 Å². The molecular weight excluding hydrogens is 221 g/mol. The maximum absolute atomic E-state index is 9.78. The van der Waals surface area contributed by atoms with E-state index in [1.165, 1.54) is 0 Å². The highest BCUT2D eigenvalue weighted by molar-refractivity contribution is 6.43. The molecule has 1 heterocycles. The maximum atomic E-state index is 9.78.